The van der Waals surface area contributed by atoms with E-state index in [1.165, 1.54) is 0 Å². The standard InChI is InChI=1S/C14H19N3O4/c1-9(10-6-5-7-19-10)15-11(18)8-20-13-16-12(17-21-13)14(2,3)4/h5-7,9H,8H2,1-4H3,(H,15,18)/t9-/m1/s1. The molecule has 1 atom stereocenters. The van der Waals surface area contributed by atoms with Crippen molar-refractivity contribution in [1.29, 1.82) is 0 Å². The third-order valence-electron chi connectivity index (χ3n) is 2.75. The van der Waals surface area contributed by atoms with Gasteiger partial charge in [-0.1, -0.05) is 25.9 Å². The van der Waals surface area contributed by atoms with Crippen molar-refractivity contribution in [3.8, 4) is 6.08 Å². The first kappa shape index (κ1) is 15.1. The Bertz CT molecular complexity index is 584. The maximum atomic E-state index is 11.8. The third kappa shape index (κ3) is 4.08. The highest BCUT2D eigenvalue weighted by Gasteiger charge is 2.22. The summed E-state index contributed by atoms with van der Waals surface area (Å²) in [7, 11) is 0. The predicted molar refractivity (Wildman–Crippen MR) is 73.8 cm³/mol. The summed E-state index contributed by atoms with van der Waals surface area (Å²) >= 11 is 0. The van der Waals surface area contributed by atoms with Crippen LogP contribution in [0.3, 0.4) is 0 Å². The number of furan rings is 1. The predicted octanol–water partition coefficient (Wildman–Crippen LogP) is 2.22. The number of carbonyl (C=O) groups is 1. The number of ether oxygens (including phenoxy) is 1. The molecule has 0 aromatic carbocycles. The topological polar surface area (TPSA) is 90.4 Å². The highest BCUT2D eigenvalue weighted by Crippen LogP contribution is 2.20. The number of nitrogens with one attached hydrogen (secondary N) is 1. The number of nitrogens with zero attached hydrogens (tertiary/aromatic N) is 2. The molecule has 2 aromatic rings. The largest absolute Gasteiger partial charge is 0.467 e. The SMILES string of the molecule is C[C@@H](NC(=O)COc1nc(C(C)(C)C)no1)c1ccco1. The summed E-state index contributed by atoms with van der Waals surface area (Å²) < 4.78 is 15.3. The second-order valence-electron chi connectivity index (χ2n) is 5.73. The molecule has 0 saturated carbocycles. The van der Waals surface area contributed by atoms with Crippen LogP contribution in [-0.4, -0.2) is 22.7 Å². The van der Waals surface area contributed by atoms with Crippen LogP contribution in [0.2, 0.25) is 0 Å². The maximum Gasteiger partial charge on any atom is 0.417 e. The fourth-order valence-corrected chi connectivity index (χ4v) is 1.59. The summed E-state index contributed by atoms with van der Waals surface area (Å²) in [5, 5.41) is 6.55. The summed E-state index contributed by atoms with van der Waals surface area (Å²) in [5.74, 6) is 0.910. The van der Waals surface area contributed by atoms with Gasteiger partial charge in [-0.3, -0.25) is 9.32 Å². The molecule has 7 nitrogen and oxygen atoms in total. The van der Waals surface area contributed by atoms with Gasteiger partial charge in [-0.2, -0.15) is 4.98 Å². The van der Waals surface area contributed by atoms with Crippen molar-refractivity contribution in [3.05, 3.63) is 30.0 Å². The summed E-state index contributed by atoms with van der Waals surface area (Å²) in [6.45, 7) is 7.50. The smallest absolute Gasteiger partial charge is 0.417 e. The molecule has 7 heteroatoms. The molecule has 0 spiro atoms. The first-order valence-electron chi connectivity index (χ1n) is 6.66. The minimum absolute atomic E-state index is 0.0132. The molecule has 0 unspecified atom stereocenters. The molecule has 0 aliphatic carbocycles. The summed E-state index contributed by atoms with van der Waals surface area (Å²) in [4.78, 5) is 15.8. The van der Waals surface area contributed by atoms with Gasteiger partial charge in [-0.15, -0.1) is 0 Å². The van der Waals surface area contributed by atoms with Gasteiger partial charge < -0.3 is 14.5 Å². The van der Waals surface area contributed by atoms with E-state index in [1.54, 1.807) is 18.4 Å². The van der Waals surface area contributed by atoms with Gasteiger partial charge in [0.05, 0.1) is 12.3 Å². The lowest BCUT2D eigenvalue weighted by molar-refractivity contribution is -0.124. The highest BCUT2D eigenvalue weighted by molar-refractivity contribution is 5.77. The van der Waals surface area contributed by atoms with Gasteiger partial charge >= 0.3 is 6.08 Å². The van der Waals surface area contributed by atoms with Crippen LogP contribution >= 0.6 is 0 Å². The van der Waals surface area contributed by atoms with E-state index in [0.717, 1.165) is 0 Å². The van der Waals surface area contributed by atoms with Crippen LogP contribution in [0.1, 0.15) is 45.3 Å². The van der Waals surface area contributed by atoms with E-state index in [9.17, 15) is 4.79 Å². The van der Waals surface area contributed by atoms with E-state index < -0.39 is 0 Å². The molecule has 0 saturated heterocycles. The lowest BCUT2D eigenvalue weighted by Gasteiger charge is -2.11. The molecule has 114 valence electrons. The number of rotatable bonds is 5. The van der Waals surface area contributed by atoms with E-state index in [0.29, 0.717) is 11.6 Å². The minimum atomic E-state index is -0.297. The number of amides is 1. The molecule has 0 aliphatic heterocycles. The Kier molecular flexibility index (Phi) is 4.30. The van der Waals surface area contributed by atoms with Gasteiger partial charge in [0, 0.05) is 5.41 Å². The molecule has 1 N–H and O–H groups in total. The van der Waals surface area contributed by atoms with Crippen LogP contribution in [0.15, 0.2) is 27.3 Å². The fourth-order valence-electron chi connectivity index (χ4n) is 1.59. The van der Waals surface area contributed by atoms with Crippen molar-refractivity contribution in [2.45, 2.75) is 39.2 Å². The first-order chi connectivity index (χ1) is 9.86. The van der Waals surface area contributed by atoms with Crippen molar-refractivity contribution >= 4 is 5.91 Å². The highest BCUT2D eigenvalue weighted by atomic mass is 16.6. The van der Waals surface area contributed by atoms with Crippen molar-refractivity contribution < 1.29 is 18.5 Å². The second-order valence-corrected chi connectivity index (χ2v) is 5.73. The summed E-state index contributed by atoms with van der Waals surface area (Å²) in [6, 6.07) is 3.32. The van der Waals surface area contributed by atoms with Crippen molar-refractivity contribution in [2.75, 3.05) is 6.61 Å². The van der Waals surface area contributed by atoms with E-state index in [1.807, 2.05) is 27.7 Å². The molecule has 21 heavy (non-hydrogen) atoms. The van der Waals surface area contributed by atoms with Gasteiger partial charge in [0.1, 0.15) is 5.76 Å². The van der Waals surface area contributed by atoms with E-state index in [2.05, 4.69) is 15.5 Å². The fraction of sp³-hybridized carbons (Fsp3) is 0.500. The Morgan fingerprint density at radius 3 is 2.81 bits per heavy atom. The molecular formula is C14H19N3O4. The maximum absolute atomic E-state index is 11.8. The molecule has 1 amide bonds. The monoisotopic (exact) mass is 293 g/mol. The molecule has 0 aliphatic rings. The number of hydrogen-bond acceptors (Lipinski definition) is 6. The number of hydrogen-bond donors (Lipinski definition) is 1. The van der Waals surface area contributed by atoms with Crippen LogP contribution in [0.4, 0.5) is 0 Å². The average molecular weight is 293 g/mol. The van der Waals surface area contributed by atoms with Crippen molar-refractivity contribution in [3.63, 3.8) is 0 Å². The van der Waals surface area contributed by atoms with Gasteiger partial charge in [0.25, 0.3) is 5.91 Å². The van der Waals surface area contributed by atoms with Crippen molar-refractivity contribution in [1.82, 2.24) is 15.5 Å². The number of carbonyl (C=O) groups excluding carboxylic acids is 1. The zero-order valence-electron chi connectivity index (χ0n) is 12.5. The Hall–Kier alpha value is -2.31. The second kappa shape index (κ2) is 5.99. The Balaban J connectivity index is 1.83. The van der Waals surface area contributed by atoms with Crippen molar-refractivity contribution in [2.24, 2.45) is 0 Å². The molecule has 0 bridgehead atoms. The van der Waals surface area contributed by atoms with Crippen LogP contribution in [0.5, 0.6) is 6.08 Å². The molecule has 2 aromatic heterocycles. The van der Waals surface area contributed by atoms with Gasteiger partial charge in [-0.25, -0.2) is 0 Å². The Morgan fingerprint density at radius 2 is 2.24 bits per heavy atom. The Labute approximate surface area is 122 Å². The lowest BCUT2D eigenvalue weighted by Crippen LogP contribution is -2.31. The van der Waals surface area contributed by atoms with Crippen LogP contribution in [-0.2, 0) is 10.2 Å². The summed E-state index contributed by atoms with van der Waals surface area (Å²) in [6.07, 6.45) is 1.54. The van der Waals surface area contributed by atoms with Gasteiger partial charge in [-0.05, 0) is 19.1 Å². The van der Waals surface area contributed by atoms with E-state index in [-0.39, 0.29) is 30.0 Å². The lowest BCUT2D eigenvalue weighted by atomic mass is 9.96. The minimum Gasteiger partial charge on any atom is -0.467 e. The normalized spacial score (nSPS) is 13.0. The van der Waals surface area contributed by atoms with Crippen LogP contribution < -0.4 is 10.1 Å². The van der Waals surface area contributed by atoms with Crippen LogP contribution in [0.25, 0.3) is 0 Å². The molecule has 2 heterocycles. The molecular weight excluding hydrogens is 274 g/mol. The average Bonchev–Trinajstić information content (AvgIpc) is 3.07. The van der Waals surface area contributed by atoms with E-state index >= 15 is 0 Å². The zero-order chi connectivity index (χ0) is 15.5. The van der Waals surface area contributed by atoms with Gasteiger partial charge in [0.2, 0.25) is 0 Å². The Morgan fingerprint density at radius 1 is 1.48 bits per heavy atom. The third-order valence-corrected chi connectivity index (χ3v) is 2.75. The first-order valence-corrected chi connectivity index (χ1v) is 6.66. The quantitative estimate of drug-likeness (QED) is 0.909. The number of aromatic nitrogens is 2. The molecule has 0 fully saturated rings. The van der Waals surface area contributed by atoms with Crippen LogP contribution in [0, 0.1) is 0 Å². The van der Waals surface area contributed by atoms with Gasteiger partial charge in [0.15, 0.2) is 12.4 Å². The molecule has 2 rings (SSSR count). The van der Waals surface area contributed by atoms with E-state index in [4.69, 9.17) is 13.7 Å². The zero-order valence-corrected chi connectivity index (χ0v) is 12.5. The summed E-state index contributed by atoms with van der Waals surface area (Å²) in [5.41, 5.74) is -0.235. The molecule has 0 radical (unpaired) electrons.